The quantitative estimate of drug-likeness (QED) is 0.930. The highest BCUT2D eigenvalue weighted by atomic mass is 32.2. The van der Waals surface area contributed by atoms with Crippen molar-refractivity contribution in [3.63, 3.8) is 0 Å². The first-order valence-corrected chi connectivity index (χ1v) is 8.41. The highest BCUT2D eigenvalue weighted by Crippen LogP contribution is 2.27. The highest BCUT2D eigenvalue weighted by molar-refractivity contribution is 7.93. The van der Waals surface area contributed by atoms with Crippen LogP contribution in [0.1, 0.15) is 6.42 Å². The first kappa shape index (κ1) is 12.1. The van der Waals surface area contributed by atoms with Crippen molar-refractivity contribution in [1.29, 1.82) is 0 Å². The van der Waals surface area contributed by atoms with E-state index in [0.717, 1.165) is 29.7 Å². The lowest BCUT2D eigenvalue weighted by Crippen LogP contribution is -2.18. The number of nitrogens with one attached hydrogen (secondary N) is 1. The third kappa shape index (κ3) is 2.28. The molecule has 1 unspecified atom stereocenters. The molecule has 1 N–H and O–H groups in total. The van der Waals surface area contributed by atoms with Crippen LogP contribution in [-0.2, 0) is 9.84 Å². The van der Waals surface area contributed by atoms with Crippen molar-refractivity contribution in [2.75, 3.05) is 18.8 Å². The number of rotatable bonds is 3. The van der Waals surface area contributed by atoms with Gasteiger partial charge in [-0.15, -0.1) is 11.3 Å². The SMILES string of the molecule is O=S(=O)(CC1CCNC1)c1nc2ccccc2s1. The Hall–Kier alpha value is -0.980. The van der Waals surface area contributed by atoms with Crippen molar-refractivity contribution in [1.82, 2.24) is 10.3 Å². The summed E-state index contributed by atoms with van der Waals surface area (Å²) in [5.41, 5.74) is 0.769. The maximum absolute atomic E-state index is 12.3. The largest absolute Gasteiger partial charge is 0.316 e. The van der Waals surface area contributed by atoms with Crippen LogP contribution in [0.5, 0.6) is 0 Å². The van der Waals surface area contributed by atoms with Gasteiger partial charge in [-0.05, 0) is 37.6 Å². The summed E-state index contributed by atoms with van der Waals surface area (Å²) in [4.78, 5) is 4.24. The lowest BCUT2D eigenvalue weighted by molar-refractivity contribution is 0.570. The molecule has 1 aromatic carbocycles. The number of thiazole rings is 1. The summed E-state index contributed by atoms with van der Waals surface area (Å²) in [7, 11) is -3.24. The van der Waals surface area contributed by atoms with Gasteiger partial charge in [0, 0.05) is 0 Å². The van der Waals surface area contributed by atoms with E-state index in [0.29, 0.717) is 0 Å². The molecule has 2 heterocycles. The monoisotopic (exact) mass is 282 g/mol. The van der Waals surface area contributed by atoms with Gasteiger partial charge in [0.15, 0.2) is 0 Å². The molecule has 4 nitrogen and oxygen atoms in total. The van der Waals surface area contributed by atoms with Gasteiger partial charge in [0.2, 0.25) is 14.2 Å². The molecule has 0 radical (unpaired) electrons. The first-order valence-electron chi connectivity index (χ1n) is 5.94. The molecule has 18 heavy (non-hydrogen) atoms. The zero-order valence-electron chi connectivity index (χ0n) is 9.80. The van der Waals surface area contributed by atoms with Crippen LogP contribution in [0.2, 0.25) is 0 Å². The second-order valence-electron chi connectivity index (χ2n) is 4.59. The van der Waals surface area contributed by atoms with Gasteiger partial charge in [-0.3, -0.25) is 0 Å². The minimum Gasteiger partial charge on any atom is -0.316 e. The predicted molar refractivity (Wildman–Crippen MR) is 72.6 cm³/mol. The molecule has 1 atom stereocenters. The average Bonchev–Trinajstić information content (AvgIpc) is 2.96. The molecule has 1 aromatic heterocycles. The smallest absolute Gasteiger partial charge is 0.210 e. The summed E-state index contributed by atoms with van der Waals surface area (Å²) in [6.07, 6.45) is 0.935. The van der Waals surface area contributed by atoms with Crippen LogP contribution in [0.15, 0.2) is 28.6 Å². The second-order valence-corrected chi connectivity index (χ2v) is 7.83. The molecular weight excluding hydrogens is 268 g/mol. The van der Waals surface area contributed by atoms with Gasteiger partial charge < -0.3 is 5.32 Å². The van der Waals surface area contributed by atoms with E-state index >= 15 is 0 Å². The predicted octanol–water partition coefficient (Wildman–Crippen LogP) is 1.68. The zero-order chi connectivity index (χ0) is 12.6. The van der Waals surface area contributed by atoms with Gasteiger partial charge in [0.05, 0.1) is 16.0 Å². The Labute approximate surface area is 110 Å². The van der Waals surface area contributed by atoms with Crippen molar-refractivity contribution in [2.24, 2.45) is 5.92 Å². The molecule has 0 amide bonds. The molecule has 1 aliphatic rings. The topological polar surface area (TPSA) is 59.1 Å². The Morgan fingerprint density at radius 1 is 1.39 bits per heavy atom. The van der Waals surface area contributed by atoms with Crippen molar-refractivity contribution in [3.8, 4) is 0 Å². The molecular formula is C12H14N2O2S2. The molecule has 0 saturated carbocycles. The van der Waals surface area contributed by atoms with E-state index in [4.69, 9.17) is 0 Å². The summed E-state index contributed by atoms with van der Waals surface area (Å²) in [5.74, 6) is 0.432. The van der Waals surface area contributed by atoms with Crippen LogP contribution in [0, 0.1) is 5.92 Å². The Balaban J connectivity index is 1.92. The number of benzene rings is 1. The number of sulfone groups is 1. The molecule has 2 aromatic rings. The minimum absolute atomic E-state index is 0.208. The normalized spacial score (nSPS) is 20.6. The van der Waals surface area contributed by atoms with Gasteiger partial charge in [0.25, 0.3) is 0 Å². The molecule has 3 rings (SSSR count). The molecule has 0 spiro atoms. The van der Waals surface area contributed by atoms with Gasteiger partial charge >= 0.3 is 0 Å². The van der Waals surface area contributed by atoms with Crippen LogP contribution in [0.3, 0.4) is 0 Å². The second kappa shape index (κ2) is 4.60. The fourth-order valence-electron chi connectivity index (χ4n) is 2.22. The summed E-state index contributed by atoms with van der Waals surface area (Å²) in [5, 5.41) is 3.19. The summed E-state index contributed by atoms with van der Waals surface area (Å²) >= 11 is 1.27. The highest BCUT2D eigenvalue weighted by Gasteiger charge is 2.26. The van der Waals surface area contributed by atoms with E-state index in [2.05, 4.69) is 10.3 Å². The zero-order valence-corrected chi connectivity index (χ0v) is 11.4. The number of nitrogens with zero attached hydrogens (tertiary/aromatic N) is 1. The van der Waals surface area contributed by atoms with Crippen molar-refractivity contribution < 1.29 is 8.42 Å². The maximum atomic E-state index is 12.3. The van der Waals surface area contributed by atoms with Crippen LogP contribution in [0.4, 0.5) is 0 Å². The number of hydrogen-bond acceptors (Lipinski definition) is 5. The molecule has 1 fully saturated rings. The standard InChI is InChI=1S/C12H14N2O2S2/c15-18(16,8-9-5-6-13-7-9)12-14-10-3-1-2-4-11(10)17-12/h1-4,9,13H,5-8H2. The Morgan fingerprint density at radius 3 is 2.94 bits per heavy atom. The van der Waals surface area contributed by atoms with Crippen LogP contribution in [0.25, 0.3) is 10.2 Å². The first-order chi connectivity index (χ1) is 8.65. The lowest BCUT2D eigenvalue weighted by atomic mass is 10.2. The van der Waals surface area contributed by atoms with Crippen LogP contribution in [-0.4, -0.2) is 32.2 Å². The van der Waals surface area contributed by atoms with Crippen molar-refractivity contribution in [2.45, 2.75) is 10.8 Å². The molecule has 0 bridgehead atoms. The van der Waals surface area contributed by atoms with E-state index in [1.165, 1.54) is 11.3 Å². The summed E-state index contributed by atoms with van der Waals surface area (Å²) < 4.78 is 25.7. The number of hydrogen-bond donors (Lipinski definition) is 1. The molecule has 96 valence electrons. The third-order valence-electron chi connectivity index (χ3n) is 3.16. The van der Waals surface area contributed by atoms with Crippen LogP contribution < -0.4 is 5.32 Å². The minimum atomic E-state index is -3.24. The average molecular weight is 282 g/mol. The fraction of sp³-hybridized carbons (Fsp3) is 0.417. The Morgan fingerprint density at radius 2 is 2.22 bits per heavy atom. The van der Waals surface area contributed by atoms with E-state index in [-0.39, 0.29) is 16.0 Å². The lowest BCUT2D eigenvalue weighted by Gasteiger charge is -2.06. The number of para-hydroxylation sites is 1. The van der Waals surface area contributed by atoms with Gasteiger partial charge in [-0.2, -0.15) is 0 Å². The summed E-state index contributed by atoms with van der Waals surface area (Å²) in [6.45, 7) is 1.71. The summed E-state index contributed by atoms with van der Waals surface area (Å²) in [6, 6.07) is 7.53. The van der Waals surface area contributed by atoms with Crippen molar-refractivity contribution in [3.05, 3.63) is 24.3 Å². The van der Waals surface area contributed by atoms with E-state index in [9.17, 15) is 8.42 Å². The Bertz CT molecular complexity index is 625. The van der Waals surface area contributed by atoms with E-state index in [1.807, 2.05) is 24.3 Å². The van der Waals surface area contributed by atoms with E-state index < -0.39 is 9.84 Å². The van der Waals surface area contributed by atoms with Crippen molar-refractivity contribution >= 4 is 31.4 Å². The maximum Gasteiger partial charge on any atom is 0.210 e. The van der Waals surface area contributed by atoms with Gasteiger partial charge in [-0.25, -0.2) is 13.4 Å². The molecule has 1 saturated heterocycles. The Kier molecular flexibility index (Phi) is 3.09. The van der Waals surface area contributed by atoms with Gasteiger partial charge in [-0.1, -0.05) is 12.1 Å². The molecule has 6 heteroatoms. The molecule has 1 aliphatic heterocycles. The van der Waals surface area contributed by atoms with E-state index in [1.54, 1.807) is 0 Å². The number of aromatic nitrogens is 1. The third-order valence-corrected chi connectivity index (χ3v) is 6.53. The van der Waals surface area contributed by atoms with Gasteiger partial charge in [0.1, 0.15) is 0 Å². The fourth-order valence-corrected chi connectivity index (χ4v) is 5.19. The number of fused-ring (bicyclic) bond motifs is 1. The molecule has 0 aliphatic carbocycles. The van der Waals surface area contributed by atoms with Crippen LogP contribution >= 0.6 is 11.3 Å².